The fourth-order valence-electron chi connectivity index (χ4n) is 4.59. The van der Waals surface area contributed by atoms with Gasteiger partial charge in [0.1, 0.15) is 0 Å². The van der Waals surface area contributed by atoms with Gasteiger partial charge in [-0.15, -0.1) is 0 Å². The van der Waals surface area contributed by atoms with Gasteiger partial charge in [-0.3, -0.25) is 0 Å². The Hall–Kier alpha value is 0. The average Bonchev–Trinajstić information content (AvgIpc) is 1.88. The molecule has 0 heteroatoms. The molecular weight excluding hydrogens is 108 g/mol. The summed E-state index contributed by atoms with van der Waals surface area (Å²) in [4.78, 5) is 0. The smallest absolute Gasteiger partial charge is 0.0206 e. The van der Waals surface area contributed by atoms with Crippen LogP contribution in [0, 0.1) is 22.7 Å². The Morgan fingerprint density at radius 1 is 0.889 bits per heavy atom. The van der Waals surface area contributed by atoms with Crippen LogP contribution in [0.5, 0.6) is 0 Å². The van der Waals surface area contributed by atoms with Crippen molar-refractivity contribution in [2.75, 3.05) is 0 Å². The first-order chi connectivity index (χ1) is 4.35. The third-order valence-corrected chi connectivity index (χ3v) is 4.94. The average molecular weight is 120 g/mol. The summed E-state index contributed by atoms with van der Waals surface area (Å²) in [6.07, 6.45) is 8.22. The van der Waals surface area contributed by atoms with Crippen LogP contribution in [0.1, 0.15) is 32.1 Å². The molecule has 2 atom stereocenters. The third-order valence-electron chi connectivity index (χ3n) is 4.94. The van der Waals surface area contributed by atoms with Crippen LogP contribution in [-0.2, 0) is 0 Å². The van der Waals surface area contributed by atoms with Crippen molar-refractivity contribution in [3.05, 3.63) is 0 Å². The molecule has 0 N–H and O–H groups in total. The Morgan fingerprint density at radius 3 is 2.22 bits per heavy atom. The van der Waals surface area contributed by atoms with E-state index in [1.807, 2.05) is 0 Å². The molecule has 0 nitrogen and oxygen atoms in total. The molecule has 0 amide bonds. The maximum atomic E-state index is 1.65. The molecular formula is C9H12. The molecule has 0 heterocycles. The highest BCUT2D eigenvalue weighted by Gasteiger charge is 2.83. The van der Waals surface area contributed by atoms with E-state index in [0.717, 1.165) is 10.8 Å². The summed E-state index contributed by atoms with van der Waals surface area (Å²) >= 11 is 0. The van der Waals surface area contributed by atoms with Crippen molar-refractivity contribution in [1.29, 1.82) is 0 Å². The normalized spacial score (nSPS) is 80.0. The summed E-state index contributed by atoms with van der Waals surface area (Å²) < 4.78 is 0. The lowest BCUT2D eigenvalue weighted by molar-refractivity contribution is 0.00323. The van der Waals surface area contributed by atoms with E-state index in [1.165, 1.54) is 11.8 Å². The molecule has 9 heavy (non-hydrogen) atoms. The van der Waals surface area contributed by atoms with Gasteiger partial charge in [0.2, 0.25) is 0 Å². The zero-order valence-corrected chi connectivity index (χ0v) is 5.69. The van der Waals surface area contributed by atoms with E-state index in [9.17, 15) is 0 Å². The Balaban J connectivity index is 1.99. The molecule has 0 aromatic heterocycles. The van der Waals surface area contributed by atoms with Crippen molar-refractivity contribution in [3.8, 4) is 0 Å². The highest BCUT2D eigenvalue weighted by molar-refractivity contribution is 5.32. The number of hydrogen-bond donors (Lipinski definition) is 0. The van der Waals surface area contributed by atoms with E-state index in [-0.39, 0.29) is 0 Å². The Morgan fingerprint density at radius 2 is 1.78 bits per heavy atom. The van der Waals surface area contributed by atoms with Gasteiger partial charge in [-0.1, -0.05) is 0 Å². The first-order valence-electron chi connectivity index (χ1n) is 4.35. The minimum absolute atomic E-state index is 0.988. The fourth-order valence-corrected chi connectivity index (χ4v) is 4.59. The molecule has 5 aliphatic rings. The molecule has 5 saturated carbocycles. The van der Waals surface area contributed by atoms with E-state index < -0.39 is 0 Å². The summed E-state index contributed by atoms with van der Waals surface area (Å²) in [5, 5.41) is 0. The standard InChI is InChI=1S/C9H12/c1-6-2-8(1)4-7-5-9(7,8)3-6/h6-7H,1-5H2. The number of rotatable bonds is 0. The topological polar surface area (TPSA) is 0 Å². The van der Waals surface area contributed by atoms with Gasteiger partial charge in [0.05, 0.1) is 0 Å². The van der Waals surface area contributed by atoms with Crippen LogP contribution in [0.25, 0.3) is 0 Å². The highest BCUT2D eigenvalue weighted by Crippen LogP contribution is 2.91. The summed E-state index contributed by atoms with van der Waals surface area (Å²) in [6.45, 7) is 0. The zero-order valence-electron chi connectivity index (χ0n) is 5.69. The van der Waals surface area contributed by atoms with E-state index >= 15 is 0 Å². The summed E-state index contributed by atoms with van der Waals surface area (Å²) in [5.41, 5.74) is 2.00. The minimum atomic E-state index is 0.988. The molecule has 2 spiro atoms. The Kier molecular flexibility index (Phi) is 0.329. The predicted molar refractivity (Wildman–Crippen MR) is 34.9 cm³/mol. The fraction of sp³-hybridized carbons (Fsp3) is 1.00. The van der Waals surface area contributed by atoms with Crippen LogP contribution in [0.3, 0.4) is 0 Å². The van der Waals surface area contributed by atoms with Gasteiger partial charge in [0.25, 0.3) is 0 Å². The molecule has 5 aliphatic carbocycles. The van der Waals surface area contributed by atoms with Gasteiger partial charge in [-0.05, 0) is 54.8 Å². The lowest BCUT2D eigenvalue weighted by atomic mass is 9.56. The Labute approximate surface area is 55.6 Å². The molecule has 0 aromatic carbocycles. The molecule has 0 aromatic rings. The second kappa shape index (κ2) is 0.741. The summed E-state index contributed by atoms with van der Waals surface area (Å²) in [7, 11) is 0. The van der Waals surface area contributed by atoms with E-state index in [2.05, 4.69) is 0 Å². The highest BCUT2D eigenvalue weighted by atomic mass is 14.9. The largest absolute Gasteiger partial charge is 0.0441 e. The summed E-state index contributed by atoms with van der Waals surface area (Å²) in [5.74, 6) is 2.45. The lowest BCUT2D eigenvalue weighted by Gasteiger charge is -2.49. The lowest BCUT2D eigenvalue weighted by Crippen LogP contribution is -2.40. The van der Waals surface area contributed by atoms with Crippen LogP contribution in [0.2, 0.25) is 0 Å². The SMILES string of the molecule is C1C2CC13CC1CC13C2. The van der Waals surface area contributed by atoms with Crippen molar-refractivity contribution in [2.45, 2.75) is 32.1 Å². The maximum absolute atomic E-state index is 1.65. The Bertz CT molecular complexity index is 192. The van der Waals surface area contributed by atoms with E-state index in [1.54, 1.807) is 32.1 Å². The van der Waals surface area contributed by atoms with Crippen LogP contribution < -0.4 is 0 Å². The van der Waals surface area contributed by atoms with Crippen molar-refractivity contribution in [2.24, 2.45) is 22.7 Å². The number of hydrogen-bond acceptors (Lipinski definition) is 0. The molecule has 0 aliphatic heterocycles. The quantitative estimate of drug-likeness (QED) is 0.459. The maximum Gasteiger partial charge on any atom is -0.0206 e. The second-order valence-electron chi connectivity index (χ2n) is 5.02. The first kappa shape index (κ1) is 4.00. The van der Waals surface area contributed by atoms with Gasteiger partial charge in [0, 0.05) is 0 Å². The van der Waals surface area contributed by atoms with Crippen molar-refractivity contribution in [1.82, 2.24) is 0 Å². The van der Waals surface area contributed by atoms with Crippen molar-refractivity contribution >= 4 is 0 Å². The zero-order chi connectivity index (χ0) is 5.69. The van der Waals surface area contributed by atoms with Crippen LogP contribution in [-0.4, -0.2) is 0 Å². The first-order valence-corrected chi connectivity index (χ1v) is 4.35. The molecule has 5 rings (SSSR count). The van der Waals surface area contributed by atoms with Crippen LogP contribution >= 0.6 is 0 Å². The molecule has 2 bridgehead atoms. The van der Waals surface area contributed by atoms with Gasteiger partial charge < -0.3 is 0 Å². The monoisotopic (exact) mass is 120 g/mol. The van der Waals surface area contributed by atoms with Crippen LogP contribution in [0.15, 0.2) is 0 Å². The van der Waals surface area contributed by atoms with E-state index in [0.29, 0.717) is 0 Å². The molecule has 0 saturated heterocycles. The van der Waals surface area contributed by atoms with Crippen molar-refractivity contribution in [3.63, 3.8) is 0 Å². The van der Waals surface area contributed by atoms with Gasteiger partial charge >= 0.3 is 0 Å². The predicted octanol–water partition coefficient (Wildman–Crippen LogP) is 2.20. The van der Waals surface area contributed by atoms with Gasteiger partial charge in [0.15, 0.2) is 0 Å². The molecule has 48 valence electrons. The van der Waals surface area contributed by atoms with Crippen LogP contribution in [0.4, 0.5) is 0 Å². The third kappa shape index (κ3) is 0.199. The molecule has 0 radical (unpaired) electrons. The van der Waals surface area contributed by atoms with E-state index in [4.69, 9.17) is 0 Å². The van der Waals surface area contributed by atoms with Gasteiger partial charge in [-0.2, -0.15) is 0 Å². The second-order valence-corrected chi connectivity index (χ2v) is 5.02. The van der Waals surface area contributed by atoms with Gasteiger partial charge in [-0.25, -0.2) is 0 Å². The minimum Gasteiger partial charge on any atom is -0.0441 e. The molecule has 5 fully saturated rings. The molecule has 2 unspecified atom stereocenters. The van der Waals surface area contributed by atoms with Crippen molar-refractivity contribution < 1.29 is 0 Å². The summed E-state index contributed by atoms with van der Waals surface area (Å²) in [6, 6.07) is 0.